The van der Waals surface area contributed by atoms with Crippen molar-refractivity contribution in [3.8, 4) is 21.7 Å². The number of allylic oxidation sites excluding steroid dienone is 2. The number of carbonyl (C=O) groups is 1. The molecule has 0 bridgehead atoms. The number of hydrogen-bond acceptors (Lipinski definition) is 4. The summed E-state index contributed by atoms with van der Waals surface area (Å²) in [5, 5.41) is 15.1. The molecule has 3 nitrogen and oxygen atoms in total. The van der Waals surface area contributed by atoms with Crippen molar-refractivity contribution in [2.75, 3.05) is 0 Å². The molecule has 2 aromatic heterocycles. The number of benzene rings is 3. The molecule has 2 heterocycles. The molecule has 6 rings (SSSR count). The number of aliphatic hydroxyl groups excluding tert-OH is 1. The summed E-state index contributed by atoms with van der Waals surface area (Å²) in [6.07, 6.45) is 12.2. The molecule has 0 amide bonds. The van der Waals surface area contributed by atoms with Gasteiger partial charge in [0, 0.05) is 59.5 Å². The maximum Gasteiger partial charge on any atom is 0.162 e. The summed E-state index contributed by atoms with van der Waals surface area (Å²) in [5.74, 6) is 1.25. The maximum absolute atomic E-state index is 11.7. The topological polar surface area (TPSA) is 50.2 Å². The van der Waals surface area contributed by atoms with E-state index in [2.05, 4.69) is 121 Å². The molecule has 0 saturated heterocycles. The fraction of sp³-hybridized carbons (Fsp3) is 0.490. The third kappa shape index (κ3) is 11.0. The molecule has 1 aliphatic carbocycles. The molecule has 1 N–H and O–H groups in total. The predicted octanol–water partition coefficient (Wildman–Crippen LogP) is 15.0. The molecule has 0 unspecified atom stereocenters. The van der Waals surface area contributed by atoms with Crippen molar-refractivity contribution >= 4 is 51.2 Å². The summed E-state index contributed by atoms with van der Waals surface area (Å²) in [5.41, 5.74) is 6.92. The number of aliphatic hydroxyl groups is 1. The molecule has 1 fully saturated rings. The van der Waals surface area contributed by atoms with Crippen LogP contribution < -0.4 is 5.19 Å². The quantitative estimate of drug-likeness (QED) is 0.0621. The molecule has 0 spiro atoms. The normalized spacial score (nSPS) is 15.2. The average Bonchev–Trinajstić information content (AvgIpc) is 3.56. The molecule has 0 atom stereocenters. The van der Waals surface area contributed by atoms with Gasteiger partial charge in [0.05, 0.1) is 13.8 Å². The molecule has 3 aromatic carbocycles. The molecule has 0 aliphatic heterocycles. The third-order valence-corrected chi connectivity index (χ3v) is 15.7. The molecule has 1 aliphatic rings. The van der Waals surface area contributed by atoms with Crippen LogP contribution in [0.15, 0.2) is 78.7 Å². The number of thiophene rings is 1. The van der Waals surface area contributed by atoms with Crippen LogP contribution in [0.4, 0.5) is 0 Å². The van der Waals surface area contributed by atoms with Crippen LogP contribution in [-0.4, -0.2) is 23.9 Å². The summed E-state index contributed by atoms with van der Waals surface area (Å²) < 4.78 is 1.30. The second kappa shape index (κ2) is 19.4. The minimum atomic E-state index is -1.67. The Morgan fingerprint density at radius 1 is 0.912 bits per heavy atom. The van der Waals surface area contributed by atoms with Crippen molar-refractivity contribution < 1.29 is 30.0 Å². The monoisotopic (exact) mass is 979 g/mol. The van der Waals surface area contributed by atoms with Crippen molar-refractivity contribution in [2.24, 2.45) is 17.3 Å². The zero-order valence-electron chi connectivity index (χ0n) is 36.9. The van der Waals surface area contributed by atoms with Crippen molar-refractivity contribution in [3.63, 3.8) is 0 Å². The van der Waals surface area contributed by atoms with E-state index in [0.717, 1.165) is 42.3 Å². The van der Waals surface area contributed by atoms with Gasteiger partial charge in [-0.2, -0.15) is 0 Å². The fourth-order valence-corrected chi connectivity index (χ4v) is 12.8. The molecule has 1 saturated carbocycles. The number of fused-ring (bicyclic) bond motifs is 2. The van der Waals surface area contributed by atoms with Crippen LogP contribution in [-0.2, 0) is 30.3 Å². The first-order valence-electron chi connectivity index (χ1n) is 21.3. The van der Waals surface area contributed by atoms with Gasteiger partial charge in [0.1, 0.15) is 0 Å². The first kappa shape index (κ1) is 46.8. The Balaban J connectivity index is 0.000000385. The standard InChI is InChI=1S/C38H44NSSi.C13H24O2.Ir/c1-37(2,3)32-24-29(23-28-11-9-10-12-30(28)32)33-35-31(19-22-39-33)36(41(6,7)8)34(40-35)27-15-13-25(14-16-27)26-17-20-38(4,5)21-18-26;1-5-10(6-2)12(14)9-13(15)11(7-3)8-4;/h9-16,19,22,24,26H,17-18,20-21H2,1-8H3;9-11,14H,5-8H2,1-4H3;/q-1;;/b;12-9-;. The van der Waals surface area contributed by atoms with Gasteiger partial charge in [-0.05, 0) is 95.9 Å². The minimum absolute atomic E-state index is 0. The van der Waals surface area contributed by atoms with E-state index in [9.17, 15) is 9.90 Å². The Kier molecular flexibility index (Phi) is 16.0. The number of hydrogen-bond donors (Lipinski definition) is 1. The fourth-order valence-electron chi connectivity index (χ4n) is 8.56. The van der Waals surface area contributed by atoms with Gasteiger partial charge >= 0.3 is 0 Å². The van der Waals surface area contributed by atoms with Crippen molar-refractivity contribution in [1.29, 1.82) is 0 Å². The number of rotatable bonds is 11. The molecule has 5 aromatic rings. The van der Waals surface area contributed by atoms with Gasteiger partial charge in [-0.25, -0.2) is 0 Å². The molecular weight excluding hydrogens is 911 g/mol. The Morgan fingerprint density at radius 3 is 2.07 bits per heavy atom. The predicted molar refractivity (Wildman–Crippen MR) is 247 cm³/mol. The van der Waals surface area contributed by atoms with Crippen LogP contribution in [0.5, 0.6) is 0 Å². The summed E-state index contributed by atoms with van der Waals surface area (Å²) in [6, 6.07) is 26.7. The average molecular weight is 979 g/mol. The SMILES string of the molecule is CC1(C)CCC(c2ccc(-c3sc4c(-c5[c-]c6ccccc6c(C(C)(C)C)c5)nccc4c3[Si](C)(C)C)cc2)CC1.CCC(CC)C(=O)/C=C(\O)C(CC)CC.[Ir]. The van der Waals surface area contributed by atoms with Gasteiger partial charge in [0.2, 0.25) is 0 Å². The number of pyridine rings is 1. The van der Waals surface area contributed by atoms with Gasteiger partial charge in [-0.15, -0.1) is 40.5 Å². The Hall–Kier alpha value is -2.89. The zero-order chi connectivity index (χ0) is 41.0. The van der Waals surface area contributed by atoms with Gasteiger partial charge in [-0.3, -0.25) is 9.78 Å². The van der Waals surface area contributed by atoms with Gasteiger partial charge < -0.3 is 5.11 Å². The minimum Gasteiger partial charge on any atom is -0.512 e. The maximum atomic E-state index is 11.7. The summed E-state index contributed by atoms with van der Waals surface area (Å²) in [4.78, 5) is 18.2. The number of ketones is 1. The third-order valence-electron chi connectivity index (χ3n) is 12.3. The van der Waals surface area contributed by atoms with Crippen molar-refractivity contribution in [3.05, 3.63) is 95.9 Å². The van der Waals surface area contributed by atoms with E-state index in [1.807, 2.05) is 45.2 Å². The van der Waals surface area contributed by atoms with E-state index in [1.165, 1.54) is 68.8 Å². The van der Waals surface area contributed by atoms with Crippen LogP contribution >= 0.6 is 11.3 Å². The van der Waals surface area contributed by atoms with Crippen LogP contribution in [0.2, 0.25) is 19.6 Å². The Bertz CT molecular complexity index is 2130. The Labute approximate surface area is 363 Å². The van der Waals surface area contributed by atoms with E-state index < -0.39 is 8.07 Å². The van der Waals surface area contributed by atoms with Crippen LogP contribution in [0.3, 0.4) is 0 Å². The van der Waals surface area contributed by atoms with E-state index in [-0.39, 0.29) is 48.9 Å². The number of nitrogens with zero attached hydrogens (tertiary/aromatic N) is 1. The van der Waals surface area contributed by atoms with E-state index >= 15 is 0 Å². The Morgan fingerprint density at radius 2 is 1.51 bits per heavy atom. The number of aromatic nitrogens is 1. The van der Waals surface area contributed by atoms with Gasteiger partial charge in [0.15, 0.2) is 5.78 Å². The van der Waals surface area contributed by atoms with Crippen LogP contribution in [0, 0.1) is 23.3 Å². The zero-order valence-corrected chi connectivity index (χ0v) is 41.1. The molecule has 309 valence electrons. The smallest absolute Gasteiger partial charge is 0.162 e. The largest absolute Gasteiger partial charge is 0.512 e. The molecule has 6 heteroatoms. The first-order valence-corrected chi connectivity index (χ1v) is 25.7. The van der Waals surface area contributed by atoms with Crippen molar-refractivity contribution in [1.82, 2.24) is 4.98 Å². The second-order valence-electron chi connectivity index (χ2n) is 19.0. The number of carbonyl (C=O) groups excluding carboxylic acids is 1. The van der Waals surface area contributed by atoms with Crippen molar-refractivity contribution in [2.45, 2.75) is 145 Å². The van der Waals surface area contributed by atoms with E-state index in [4.69, 9.17) is 4.98 Å². The van der Waals surface area contributed by atoms with E-state index in [1.54, 1.807) is 5.19 Å². The molecule has 1 radical (unpaired) electrons. The summed E-state index contributed by atoms with van der Waals surface area (Å²) >= 11 is 1.94. The van der Waals surface area contributed by atoms with Crippen LogP contribution in [0.25, 0.3) is 42.6 Å². The van der Waals surface area contributed by atoms with Gasteiger partial charge in [-0.1, -0.05) is 135 Å². The van der Waals surface area contributed by atoms with E-state index in [0.29, 0.717) is 11.3 Å². The second-order valence-corrected chi connectivity index (χ2v) is 25.1. The van der Waals surface area contributed by atoms with Gasteiger partial charge in [0.25, 0.3) is 0 Å². The summed E-state index contributed by atoms with van der Waals surface area (Å²) in [6.45, 7) is 27.3. The van der Waals surface area contributed by atoms with Crippen LogP contribution in [0.1, 0.15) is 131 Å². The molecular formula is C51H68IrNO2SSi-. The molecule has 57 heavy (non-hydrogen) atoms. The summed E-state index contributed by atoms with van der Waals surface area (Å²) in [7, 11) is -1.67. The first-order chi connectivity index (χ1) is 26.4.